The van der Waals surface area contributed by atoms with Crippen molar-refractivity contribution >= 4 is 34.2 Å². The van der Waals surface area contributed by atoms with Crippen LogP contribution in [-0.4, -0.2) is 57.2 Å². The van der Waals surface area contributed by atoms with E-state index in [2.05, 4.69) is 31.5 Å². The summed E-state index contributed by atoms with van der Waals surface area (Å²) in [5, 5.41) is 6.26. The van der Waals surface area contributed by atoms with E-state index in [1.54, 1.807) is 25.3 Å². The molecule has 1 aromatic carbocycles. The van der Waals surface area contributed by atoms with E-state index in [1.165, 1.54) is 0 Å². The normalized spacial score (nSPS) is 15.1. The van der Waals surface area contributed by atoms with Crippen LogP contribution in [0.1, 0.15) is 10.4 Å². The van der Waals surface area contributed by atoms with Gasteiger partial charge in [-0.1, -0.05) is 0 Å². The second-order valence-corrected chi connectivity index (χ2v) is 5.55. The molecule has 21 heavy (non-hydrogen) atoms. The molecule has 1 heterocycles. The highest BCUT2D eigenvalue weighted by molar-refractivity contribution is 9.10. The number of rotatable bonds is 5. The number of hydrogen-bond acceptors (Lipinski definition) is 4. The summed E-state index contributed by atoms with van der Waals surface area (Å²) in [7, 11) is 1.60. The number of amides is 1. The Kier molecular flexibility index (Phi) is 8.03. The van der Waals surface area contributed by atoms with E-state index in [0.29, 0.717) is 12.1 Å². The molecule has 0 bridgehead atoms. The van der Waals surface area contributed by atoms with Crippen LogP contribution in [0.4, 0.5) is 0 Å². The Balaban J connectivity index is 0.00000220. The van der Waals surface area contributed by atoms with Crippen molar-refractivity contribution in [3.05, 3.63) is 28.2 Å². The number of piperazine rings is 1. The highest BCUT2D eigenvalue weighted by atomic mass is 79.9. The molecule has 0 aromatic heterocycles. The first-order valence-electron chi connectivity index (χ1n) is 6.75. The highest BCUT2D eigenvalue weighted by Crippen LogP contribution is 2.25. The number of benzene rings is 1. The topological polar surface area (TPSA) is 53.6 Å². The maximum atomic E-state index is 12.0. The lowest BCUT2D eigenvalue weighted by Crippen LogP contribution is -2.46. The summed E-state index contributed by atoms with van der Waals surface area (Å²) in [5.41, 5.74) is 0.637. The van der Waals surface area contributed by atoms with Crippen LogP contribution in [0, 0.1) is 0 Å². The van der Waals surface area contributed by atoms with E-state index < -0.39 is 0 Å². The molecular formula is C14H21BrClN3O2. The van der Waals surface area contributed by atoms with Crippen LogP contribution in [0.3, 0.4) is 0 Å². The molecule has 1 fully saturated rings. The van der Waals surface area contributed by atoms with E-state index in [4.69, 9.17) is 4.74 Å². The standard InChI is InChI=1S/C14H20BrN3O2.ClH/c1-20-13-3-2-11(10-12(13)15)14(19)17-6-9-18-7-4-16-5-8-18;/h2-3,10,16H,4-9H2,1H3,(H,17,19);1H. The van der Waals surface area contributed by atoms with Gasteiger partial charge in [-0.25, -0.2) is 0 Å². The lowest BCUT2D eigenvalue weighted by Gasteiger charge is -2.27. The van der Waals surface area contributed by atoms with Crippen molar-refractivity contribution in [2.45, 2.75) is 0 Å². The number of hydrogen-bond donors (Lipinski definition) is 2. The average Bonchev–Trinajstić information content (AvgIpc) is 2.48. The fraction of sp³-hybridized carbons (Fsp3) is 0.500. The molecule has 1 amide bonds. The van der Waals surface area contributed by atoms with Gasteiger partial charge in [-0.3, -0.25) is 9.69 Å². The molecule has 2 N–H and O–H groups in total. The molecule has 0 atom stereocenters. The number of carbonyl (C=O) groups excluding carboxylic acids is 1. The molecule has 2 rings (SSSR count). The van der Waals surface area contributed by atoms with Gasteiger partial charge in [0, 0.05) is 44.8 Å². The van der Waals surface area contributed by atoms with Crippen molar-refractivity contribution in [2.24, 2.45) is 0 Å². The van der Waals surface area contributed by atoms with Gasteiger partial charge < -0.3 is 15.4 Å². The first kappa shape index (κ1) is 18.2. The van der Waals surface area contributed by atoms with Crippen LogP contribution in [0.25, 0.3) is 0 Å². The Labute approximate surface area is 140 Å². The smallest absolute Gasteiger partial charge is 0.251 e. The van der Waals surface area contributed by atoms with Crippen LogP contribution in [0.2, 0.25) is 0 Å². The van der Waals surface area contributed by atoms with Gasteiger partial charge in [0.05, 0.1) is 11.6 Å². The number of ether oxygens (including phenoxy) is 1. The van der Waals surface area contributed by atoms with Crippen molar-refractivity contribution in [1.29, 1.82) is 0 Å². The zero-order valence-corrected chi connectivity index (χ0v) is 14.4. The molecule has 1 saturated heterocycles. The van der Waals surface area contributed by atoms with Crippen molar-refractivity contribution in [1.82, 2.24) is 15.5 Å². The van der Waals surface area contributed by atoms with E-state index in [0.717, 1.165) is 42.9 Å². The highest BCUT2D eigenvalue weighted by Gasteiger charge is 2.11. The van der Waals surface area contributed by atoms with Crippen LogP contribution >= 0.6 is 28.3 Å². The van der Waals surface area contributed by atoms with E-state index in [-0.39, 0.29) is 18.3 Å². The molecule has 0 radical (unpaired) electrons. The number of halogens is 2. The third kappa shape index (κ3) is 5.47. The van der Waals surface area contributed by atoms with E-state index >= 15 is 0 Å². The van der Waals surface area contributed by atoms with Crippen LogP contribution in [0.5, 0.6) is 5.75 Å². The molecular weight excluding hydrogens is 358 g/mol. The van der Waals surface area contributed by atoms with Gasteiger partial charge in [0.15, 0.2) is 0 Å². The van der Waals surface area contributed by atoms with Gasteiger partial charge in [0.25, 0.3) is 5.91 Å². The van der Waals surface area contributed by atoms with Crippen molar-refractivity contribution in [3.63, 3.8) is 0 Å². The molecule has 1 aliphatic rings. The molecule has 7 heteroatoms. The molecule has 5 nitrogen and oxygen atoms in total. The zero-order valence-electron chi connectivity index (χ0n) is 12.0. The zero-order chi connectivity index (χ0) is 14.4. The van der Waals surface area contributed by atoms with Gasteiger partial charge in [0.1, 0.15) is 5.75 Å². The minimum atomic E-state index is -0.0523. The molecule has 118 valence electrons. The third-order valence-electron chi connectivity index (χ3n) is 3.34. The molecule has 0 unspecified atom stereocenters. The minimum absolute atomic E-state index is 0. The molecule has 0 spiro atoms. The second-order valence-electron chi connectivity index (χ2n) is 4.70. The average molecular weight is 379 g/mol. The summed E-state index contributed by atoms with van der Waals surface area (Å²) in [6, 6.07) is 5.33. The molecule has 1 aliphatic heterocycles. The van der Waals surface area contributed by atoms with Gasteiger partial charge in [-0.05, 0) is 34.1 Å². The summed E-state index contributed by atoms with van der Waals surface area (Å²) in [6.45, 7) is 5.71. The number of nitrogens with one attached hydrogen (secondary N) is 2. The van der Waals surface area contributed by atoms with Gasteiger partial charge in [-0.15, -0.1) is 12.4 Å². The summed E-state index contributed by atoms with van der Waals surface area (Å²) in [6.07, 6.45) is 0. The number of carbonyl (C=O) groups is 1. The van der Waals surface area contributed by atoms with E-state index in [9.17, 15) is 4.79 Å². The summed E-state index contributed by atoms with van der Waals surface area (Å²) < 4.78 is 5.94. The summed E-state index contributed by atoms with van der Waals surface area (Å²) in [5.74, 6) is 0.672. The quantitative estimate of drug-likeness (QED) is 0.815. The second kappa shape index (κ2) is 9.25. The van der Waals surface area contributed by atoms with Gasteiger partial charge in [0.2, 0.25) is 0 Å². The monoisotopic (exact) mass is 377 g/mol. The largest absolute Gasteiger partial charge is 0.496 e. The predicted octanol–water partition coefficient (Wildman–Crippen LogP) is 1.51. The summed E-state index contributed by atoms with van der Waals surface area (Å²) in [4.78, 5) is 14.4. The third-order valence-corrected chi connectivity index (χ3v) is 3.96. The van der Waals surface area contributed by atoms with Crippen LogP contribution in [-0.2, 0) is 0 Å². The molecule has 0 saturated carbocycles. The lowest BCUT2D eigenvalue weighted by molar-refractivity contribution is 0.0947. The molecule has 0 aliphatic carbocycles. The first-order chi connectivity index (χ1) is 9.70. The SMILES string of the molecule is COc1ccc(C(=O)NCCN2CCNCC2)cc1Br.Cl. The number of nitrogens with zero attached hydrogens (tertiary/aromatic N) is 1. The van der Waals surface area contributed by atoms with Gasteiger partial charge >= 0.3 is 0 Å². The fourth-order valence-corrected chi connectivity index (χ4v) is 2.71. The first-order valence-corrected chi connectivity index (χ1v) is 7.55. The maximum absolute atomic E-state index is 12.0. The van der Waals surface area contributed by atoms with Crippen molar-refractivity contribution < 1.29 is 9.53 Å². The fourth-order valence-electron chi connectivity index (χ4n) is 2.17. The predicted molar refractivity (Wildman–Crippen MR) is 89.6 cm³/mol. The Morgan fingerprint density at radius 2 is 2.14 bits per heavy atom. The van der Waals surface area contributed by atoms with Crippen molar-refractivity contribution in [2.75, 3.05) is 46.4 Å². The Morgan fingerprint density at radius 1 is 1.43 bits per heavy atom. The lowest BCUT2D eigenvalue weighted by atomic mass is 10.2. The Hall–Kier alpha value is -0.820. The Bertz CT molecular complexity index is 468. The maximum Gasteiger partial charge on any atom is 0.251 e. The van der Waals surface area contributed by atoms with Crippen molar-refractivity contribution in [3.8, 4) is 5.75 Å². The van der Waals surface area contributed by atoms with E-state index in [1.807, 2.05) is 0 Å². The van der Waals surface area contributed by atoms with Gasteiger partial charge in [-0.2, -0.15) is 0 Å². The number of methoxy groups -OCH3 is 1. The minimum Gasteiger partial charge on any atom is -0.496 e. The molecule has 1 aromatic rings. The summed E-state index contributed by atoms with van der Waals surface area (Å²) >= 11 is 3.39. The van der Waals surface area contributed by atoms with Crippen LogP contribution < -0.4 is 15.4 Å². The van der Waals surface area contributed by atoms with Crippen LogP contribution in [0.15, 0.2) is 22.7 Å². The Morgan fingerprint density at radius 3 is 2.76 bits per heavy atom.